The van der Waals surface area contributed by atoms with Gasteiger partial charge in [-0.15, -0.1) is 0 Å². The fourth-order valence-electron chi connectivity index (χ4n) is 0.565. The molecule has 52 valence electrons. The maximum absolute atomic E-state index is 9.84. The maximum atomic E-state index is 9.84. The molecule has 0 fully saturated rings. The van der Waals surface area contributed by atoms with Gasteiger partial charge in [-0.2, -0.15) is 0 Å². The van der Waals surface area contributed by atoms with Crippen LogP contribution in [0.25, 0.3) is 0 Å². The fraction of sp³-hybridized carbons (Fsp3) is 0.143. The minimum atomic E-state index is 0.101. The Morgan fingerprint density at radius 2 is 2.20 bits per heavy atom. The maximum Gasteiger partial charge on any atom is 0.157 e. The lowest BCUT2D eigenvalue weighted by Crippen LogP contribution is -1.96. The van der Waals surface area contributed by atoms with E-state index in [-0.39, 0.29) is 6.61 Å². The molecule has 1 rings (SSSR count). The van der Waals surface area contributed by atoms with Crippen LogP contribution in [0.4, 0.5) is 0 Å². The molecule has 0 saturated carbocycles. The molecule has 0 unspecified atom stereocenters. The van der Waals surface area contributed by atoms with Crippen molar-refractivity contribution in [3.05, 3.63) is 24.5 Å². The van der Waals surface area contributed by atoms with Crippen molar-refractivity contribution >= 4 is 6.29 Å². The average molecular weight is 137 g/mol. The lowest BCUT2D eigenvalue weighted by Gasteiger charge is -1.98. The number of carbonyl (C=O) groups is 1. The second-order valence-corrected chi connectivity index (χ2v) is 1.66. The average Bonchev–Trinajstić information content (AvgIpc) is 2.03. The van der Waals surface area contributed by atoms with Crippen LogP contribution < -0.4 is 4.74 Å². The number of rotatable bonds is 3. The van der Waals surface area contributed by atoms with E-state index in [0.29, 0.717) is 12.0 Å². The van der Waals surface area contributed by atoms with Crippen molar-refractivity contribution in [2.75, 3.05) is 6.61 Å². The van der Waals surface area contributed by atoms with Crippen molar-refractivity contribution in [1.82, 2.24) is 4.98 Å². The quantitative estimate of drug-likeness (QED) is 0.574. The van der Waals surface area contributed by atoms with Gasteiger partial charge in [-0.25, -0.2) is 0 Å². The fourth-order valence-corrected chi connectivity index (χ4v) is 0.565. The molecule has 0 amide bonds. The summed E-state index contributed by atoms with van der Waals surface area (Å²) in [6, 6.07) is 3.40. The molecule has 3 nitrogen and oxygen atoms in total. The summed E-state index contributed by atoms with van der Waals surface area (Å²) >= 11 is 0. The van der Waals surface area contributed by atoms with Crippen LogP contribution in [0.5, 0.6) is 5.75 Å². The summed E-state index contributed by atoms with van der Waals surface area (Å²) in [6.07, 6.45) is 3.93. The van der Waals surface area contributed by atoms with Crippen molar-refractivity contribution in [1.29, 1.82) is 0 Å². The standard InChI is InChI=1S/C7H7NO2/c9-5-6-10-7-1-3-8-4-2-7/h1-5H,6H2. The summed E-state index contributed by atoms with van der Waals surface area (Å²) < 4.78 is 4.95. The number of pyridine rings is 1. The molecule has 1 heterocycles. The van der Waals surface area contributed by atoms with E-state index in [1.165, 1.54) is 0 Å². The SMILES string of the molecule is O=CCOc1ccncc1. The molecular formula is C7H7NO2. The van der Waals surface area contributed by atoms with Crippen LogP contribution >= 0.6 is 0 Å². The van der Waals surface area contributed by atoms with Crippen LogP contribution in [0, 0.1) is 0 Å². The third-order valence-electron chi connectivity index (χ3n) is 0.968. The van der Waals surface area contributed by atoms with Gasteiger partial charge in [0.2, 0.25) is 0 Å². The first-order chi connectivity index (χ1) is 4.93. The van der Waals surface area contributed by atoms with Crippen LogP contribution in [-0.4, -0.2) is 17.9 Å². The zero-order chi connectivity index (χ0) is 7.23. The zero-order valence-corrected chi connectivity index (χ0v) is 5.36. The molecule has 0 aliphatic rings. The van der Waals surface area contributed by atoms with Gasteiger partial charge in [0, 0.05) is 12.4 Å². The van der Waals surface area contributed by atoms with Crippen LogP contribution in [0.1, 0.15) is 0 Å². The number of nitrogens with zero attached hydrogens (tertiary/aromatic N) is 1. The zero-order valence-electron chi connectivity index (χ0n) is 5.36. The monoisotopic (exact) mass is 137 g/mol. The van der Waals surface area contributed by atoms with Crippen LogP contribution in [0.2, 0.25) is 0 Å². The van der Waals surface area contributed by atoms with Gasteiger partial charge in [0.25, 0.3) is 0 Å². The second kappa shape index (κ2) is 3.61. The highest BCUT2D eigenvalue weighted by molar-refractivity contribution is 5.51. The van der Waals surface area contributed by atoms with E-state index >= 15 is 0 Å². The lowest BCUT2D eigenvalue weighted by molar-refractivity contribution is -0.109. The van der Waals surface area contributed by atoms with Crippen LogP contribution in [0.3, 0.4) is 0 Å². The molecule has 0 aliphatic heterocycles. The van der Waals surface area contributed by atoms with Crippen molar-refractivity contribution in [3.8, 4) is 5.75 Å². The van der Waals surface area contributed by atoms with Crippen LogP contribution in [-0.2, 0) is 4.79 Å². The van der Waals surface area contributed by atoms with E-state index in [9.17, 15) is 4.79 Å². The van der Waals surface area contributed by atoms with Gasteiger partial charge in [-0.1, -0.05) is 0 Å². The predicted octanol–water partition coefficient (Wildman–Crippen LogP) is 0.659. The van der Waals surface area contributed by atoms with E-state index in [0.717, 1.165) is 0 Å². The third-order valence-corrected chi connectivity index (χ3v) is 0.968. The Kier molecular flexibility index (Phi) is 2.43. The third kappa shape index (κ3) is 1.85. The minimum absolute atomic E-state index is 0.101. The Labute approximate surface area is 58.7 Å². The molecule has 0 atom stereocenters. The summed E-state index contributed by atoms with van der Waals surface area (Å²) in [7, 11) is 0. The molecule has 3 heteroatoms. The Morgan fingerprint density at radius 3 is 2.80 bits per heavy atom. The molecule has 10 heavy (non-hydrogen) atoms. The normalized spacial score (nSPS) is 8.80. The van der Waals surface area contributed by atoms with E-state index in [4.69, 9.17) is 4.74 Å². The summed E-state index contributed by atoms with van der Waals surface area (Å²) in [6.45, 7) is 0.101. The topological polar surface area (TPSA) is 39.2 Å². The van der Waals surface area contributed by atoms with Gasteiger partial charge in [0.1, 0.15) is 12.4 Å². The van der Waals surface area contributed by atoms with Gasteiger partial charge in [0.05, 0.1) is 0 Å². The first kappa shape index (κ1) is 6.74. The van der Waals surface area contributed by atoms with Gasteiger partial charge in [-0.05, 0) is 12.1 Å². The molecule has 0 aromatic carbocycles. The van der Waals surface area contributed by atoms with Gasteiger partial charge in [-0.3, -0.25) is 9.78 Å². The van der Waals surface area contributed by atoms with E-state index in [2.05, 4.69) is 4.98 Å². The van der Waals surface area contributed by atoms with E-state index < -0.39 is 0 Å². The Balaban J connectivity index is 2.50. The van der Waals surface area contributed by atoms with Crippen molar-refractivity contribution in [2.24, 2.45) is 0 Å². The molecule has 1 aromatic heterocycles. The van der Waals surface area contributed by atoms with Crippen molar-refractivity contribution in [2.45, 2.75) is 0 Å². The highest BCUT2D eigenvalue weighted by Gasteiger charge is 1.87. The molecule has 0 aliphatic carbocycles. The largest absolute Gasteiger partial charge is 0.486 e. The predicted molar refractivity (Wildman–Crippen MR) is 35.8 cm³/mol. The number of carbonyl (C=O) groups excluding carboxylic acids is 1. The second-order valence-electron chi connectivity index (χ2n) is 1.66. The Bertz CT molecular complexity index is 198. The summed E-state index contributed by atoms with van der Waals surface area (Å²) in [5.41, 5.74) is 0. The molecule has 0 N–H and O–H groups in total. The number of aromatic nitrogens is 1. The van der Waals surface area contributed by atoms with Gasteiger partial charge >= 0.3 is 0 Å². The Morgan fingerprint density at radius 1 is 1.50 bits per heavy atom. The molecule has 0 bridgehead atoms. The number of hydrogen-bond acceptors (Lipinski definition) is 3. The molecule has 0 spiro atoms. The number of hydrogen-bond donors (Lipinski definition) is 0. The smallest absolute Gasteiger partial charge is 0.157 e. The summed E-state index contributed by atoms with van der Waals surface area (Å²) in [5.74, 6) is 0.669. The lowest BCUT2D eigenvalue weighted by atomic mass is 10.5. The Hall–Kier alpha value is -1.38. The number of ether oxygens (including phenoxy) is 1. The first-order valence-electron chi connectivity index (χ1n) is 2.90. The van der Waals surface area contributed by atoms with E-state index in [1.807, 2.05) is 0 Å². The molecule has 1 aromatic rings. The molecule has 0 saturated heterocycles. The van der Waals surface area contributed by atoms with E-state index in [1.54, 1.807) is 24.5 Å². The van der Waals surface area contributed by atoms with Crippen LogP contribution in [0.15, 0.2) is 24.5 Å². The van der Waals surface area contributed by atoms with Crippen molar-refractivity contribution in [3.63, 3.8) is 0 Å². The summed E-state index contributed by atoms with van der Waals surface area (Å²) in [4.78, 5) is 13.6. The van der Waals surface area contributed by atoms with Gasteiger partial charge in [0.15, 0.2) is 6.29 Å². The van der Waals surface area contributed by atoms with Gasteiger partial charge < -0.3 is 4.74 Å². The highest BCUT2D eigenvalue weighted by Crippen LogP contribution is 2.04. The van der Waals surface area contributed by atoms with Crippen molar-refractivity contribution < 1.29 is 9.53 Å². The summed E-state index contributed by atoms with van der Waals surface area (Å²) in [5, 5.41) is 0. The first-order valence-corrected chi connectivity index (χ1v) is 2.90. The molecule has 0 radical (unpaired) electrons. The highest BCUT2D eigenvalue weighted by atomic mass is 16.5. The minimum Gasteiger partial charge on any atom is -0.486 e. The molecular weight excluding hydrogens is 130 g/mol. The number of aldehydes is 1.